The molecular weight excluding hydrogens is 457 g/mol. The molecule has 8 unspecified atom stereocenters. The third-order valence-corrected chi connectivity index (χ3v) is 11.1. The molecule has 2 nitrogen and oxygen atoms in total. The smallest absolute Gasteiger partial charge is 0.313 e. The number of aliphatic imine (C=N–C) groups is 1. The summed E-state index contributed by atoms with van der Waals surface area (Å²) in [6, 6.07) is -0.437. The summed E-state index contributed by atoms with van der Waals surface area (Å²) in [5, 5.41) is 3.07. The van der Waals surface area contributed by atoms with Gasteiger partial charge in [0.15, 0.2) is 0 Å². The minimum absolute atomic E-state index is 0.211. The molecule has 3 saturated carbocycles. The average molecular weight is 507 g/mol. The first-order chi connectivity index (χ1) is 17.1. The van der Waals surface area contributed by atoms with Crippen molar-refractivity contribution in [2.24, 2.45) is 45.4 Å². The van der Waals surface area contributed by atoms with Crippen LogP contribution in [0.15, 0.2) is 29.3 Å². The molecule has 4 rings (SSSR count). The van der Waals surface area contributed by atoms with Crippen molar-refractivity contribution >= 4 is 5.71 Å². The van der Waals surface area contributed by atoms with Crippen LogP contribution in [0.4, 0.5) is 13.2 Å². The minimum atomic E-state index is -4.09. The summed E-state index contributed by atoms with van der Waals surface area (Å²) < 4.78 is 39.7. The predicted molar refractivity (Wildman–Crippen MR) is 144 cm³/mol. The summed E-state index contributed by atoms with van der Waals surface area (Å²) in [4.78, 5) is 4.98. The summed E-state index contributed by atoms with van der Waals surface area (Å²) >= 11 is 0. The Morgan fingerprint density at radius 1 is 1.14 bits per heavy atom. The van der Waals surface area contributed by atoms with E-state index >= 15 is 0 Å². The van der Waals surface area contributed by atoms with Gasteiger partial charge in [0.1, 0.15) is 0 Å². The normalized spacial score (nSPS) is 42.4. The third-order valence-electron chi connectivity index (χ3n) is 11.1. The van der Waals surface area contributed by atoms with Gasteiger partial charge in [-0.05, 0) is 106 Å². The first-order valence-corrected chi connectivity index (χ1v) is 14.7. The van der Waals surface area contributed by atoms with E-state index in [-0.39, 0.29) is 6.42 Å². The summed E-state index contributed by atoms with van der Waals surface area (Å²) in [7, 11) is 0. The largest absolute Gasteiger partial charge is 0.393 e. The molecular formula is C31H49F3N2. The molecule has 0 aromatic rings. The first kappa shape index (κ1) is 27.9. The van der Waals surface area contributed by atoms with Gasteiger partial charge in [-0.15, -0.1) is 0 Å². The lowest BCUT2D eigenvalue weighted by atomic mass is 9.47. The second kappa shape index (κ2) is 10.9. The second-order valence-corrected chi connectivity index (χ2v) is 12.8. The Morgan fingerprint density at radius 3 is 2.61 bits per heavy atom. The van der Waals surface area contributed by atoms with Crippen molar-refractivity contribution in [2.45, 2.75) is 111 Å². The number of hydrogen-bond acceptors (Lipinski definition) is 2. The Bertz CT molecular complexity index is 845. The van der Waals surface area contributed by atoms with Crippen LogP contribution in [0.3, 0.4) is 0 Å². The van der Waals surface area contributed by atoms with E-state index in [4.69, 9.17) is 4.99 Å². The SMILES string of the molecule is C=C/C=C1/CCC2C(CCC3(C)C(C(C)=NCCCC4NCCC4C(F)(F)F)CCC23)C1(C)CCC. The van der Waals surface area contributed by atoms with Gasteiger partial charge in [-0.2, -0.15) is 13.2 Å². The van der Waals surface area contributed by atoms with E-state index in [1.165, 1.54) is 57.1 Å². The zero-order valence-electron chi connectivity index (χ0n) is 23.1. The molecule has 5 heteroatoms. The molecule has 1 aliphatic heterocycles. The molecule has 3 aliphatic carbocycles. The minimum Gasteiger partial charge on any atom is -0.313 e. The fraction of sp³-hybridized carbons (Fsp3) is 0.839. The number of nitrogens with zero attached hydrogens (tertiary/aromatic N) is 1. The zero-order valence-corrected chi connectivity index (χ0v) is 23.1. The summed E-state index contributed by atoms with van der Waals surface area (Å²) in [5.41, 5.74) is 3.50. The molecule has 0 spiro atoms. The van der Waals surface area contributed by atoms with E-state index in [1.807, 2.05) is 6.08 Å². The van der Waals surface area contributed by atoms with E-state index < -0.39 is 18.1 Å². The quantitative estimate of drug-likeness (QED) is 0.259. The van der Waals surface area contributed by atoms with Gasteiger partial charge < -0.3 is 5.32 Å². The summed E-state index contributed by atoms with van der Waals surface area (Å²) in [6.07, 6.45) is 11.8. The Balaban J connectivity index is 1.40. The Labute approximate surface area is 217 Å². The Kier molecular flexibility index (Phi) is 8.49. The topological polar surface area (TPSA) is 24.4 Å². The van der Waals surface area contributed by atoms with Gasteiger partial charge in [0.05, 0.1) is 5.92 Å². The second-order valence-electron chi connectivity index (χ2n) is 12.8. The number of fused-ring (bicyclic) bond motifs is 3. The molecule has 0 aromatic heterocycles. The molecule has 0 aromatic carbocycles. The number of alkyl halides is 3. The van der Waals surface area contributed by atoms with Gasteiger partial charge in [0.25, 0.3) is 0 Å². The molecule has 0 radical (unpaired) electrons. The highest BCUT2D eigenvalue weighted by atomic mass is 19.4. The number of hydrogen-bond donors (Lipinski definition) is 1. The molecule has 0 bridgehead atoms. The third kappa shape index (κ3) is 5.12. The maximum Gasteiger partial charge on any atom is 0.393 e. The van der Waals surface area contributed by atoms with Crippen molar-refractivity contribution < 1.29 is 13.2 Å². The van der Waals surface area contributed by atoms with Crippen molar-refractivity contribution in [1.29, 1.82) is 0 Å². The average Bonchev–Trinajstić information content (AvgIpc) is 3.43. The van der Waals surface area contributed by atoms with E-state index in [2.05, 4.69) is 45.7 Å². The Morgan fingerprint density at radius 2 is 1.92 bits per heavy atom. The van der Waals surface area contributed by atoms with Crippen molar-refractivity contribution in [3.05, 3.63) is 24.3 Å². The fourth-order valence-electron chi connectivity index (χ4n) is 9.43. The lowest BCUT2D eigenvalue weighted by molar-refractivity contribution is -0.176. The monoisotopic (exact) mass is 506 g/mol. The van der Waals surface area contributed by atoms with E-state index in [0.29, 0.717) is 36.3 Å². The molecule has 0 amide bonds. The van der Waals surface area contributed by atoms with Crippen LogP contribution in [0.5, 0.6) is 0 Å². The van der Waals surface area contributed by atoms with Crippen LogP contribution in [0.25, 0.3) is 0 Å². The van der Waals surface area contributed by atoms with Crippen LogP contribution in [0.2, 0.25) is 0 Å². The Hall–Kier alpha value is -1.10. The predicted octanol–water partition coefficient (Wildman–Crippen LogP) is 8.54. The van der Waals surface area contributed by atoms with Gasteiger partial charge in [-0.25, -0.2) is 0 Å². The number of allylic oxidation sites excluding steroid dienone is 3. The molecule has 8 atom stereocenters. The molecule has 36 heavy (non-hydrogen) atoms. The zero-order chi connectivity index (χ0) is 26.1. The lowest BCUT2D eigenvalue weighted by Crippen LogP contribution is -2.50. The molecule has 1 heterocycles. The van der Waals surface area contributed by atoms with Crippen LogP contribution in [-0.4, -0.2) is 31.0 Å². The first-order valence-electron chi connectivity index (χ1n) is 14.7. The highest BCUT2D eigenvalue weighted by molar-refractivity contribution is 5.85. The van der Waals surface area contributed by atoms with Crippen molar-refractivity contribution in [2.75, 3.05) is 13.1 Å². The maximum absolute atomic E-state index is 13.2. The van der Waals surface area contributed by atoms with Crippen LogP contribution in [-0.2, 0) is 0 Å². The van der Waals surface area contributed by atoms with Gasteiger partial charge in [-0.3, -0.25) is 4.99 Å². The molecule has 204 valence electrons. The molecule has 4 aliphatic rings. The number of rotatable bonds is 8. The standard InChI is InChI=1S/C31H49F3N2/c1-6-9-22-11-12-23-25-14-13-24(30(25,5)18-15-26(23)29(22,4)17-7-2)21(3)35-19-8-10-28-27(16-20-36-28)31(32,33)34/h6,9,23-28,36H,1,7-8,10-20H2,2-5H3/b22-9-,35-21?. The fourth-order valence-corrected chi connectivity index (χ4v) is 9.43. The molecule has 1 saturated heterocycles. The van der Waals surface area contributed by atoms with Gasteiger partial charge in [0, 0.05) is 24.2 Å². The summed E-state index contributed by atoms with van der Waals surface area (Å²) in [5.74, 6) is 1.67. The van der Waals surface area contributed by atoms with Gasteiger partial charge in [0.2, 0.25) is 0 Å². The number of nitrogens with one attached hydrogen (secondary N) is 1. The lowest BCUT2D eigenvalue weighted by Gasteiger charge is -2.57. The van der Waals surface area contributed by atoms with Crippen LogP contribution in [0.1, 0.15) is 98.3 Å². The highest BCUT2D eigenvalue weighted by Gasteiger charge is 2.58. The highest BCUT2D eigenvalue weighted by Crippen LogP contribution is 2.66. The van der Waals surface area contributed by atoms with Crippen molar-refractivity contribution in [3.8, 4) is 0 Å². The van der Waals surface area contributed by atoms with Crippen molar-refractivity contribution in [1.82, 2.24) is 5.32 Å². The van der Waals surface area contributed by atoms with Crippen LogP contribution >= 0.6 is 0 Å². The van der Waals surface area contributed by atoms with Crippen molar-refractivity contribution in [3.63, 3.8) is 0 Å². The number of halogens is 3. The summed E-state index contributed by atoms with van der Waals surface area (Å²) in [6.45, 7) is 14.7. The molecule has 1 N–H and O–H groups in total. The van der Waals surface area contributed by atoms with E-state index in [0.717, 1.165) is 24.2 Å². The maximum atomic E-state index is 13.2. The van der Waals surface area contributed by atoms with Gasteiger partial charge in [-0.1, -0.05) is 51.5 Å². The molecule has 4 fully saturated rings. The van der Waals surface area contributed by atoms with Crippen LogP contribution in [0, 0.1) is 40.4 Å². The van der Waals surface area contributed by atoms with E-state index in [1.54, 1.807) is 5.57 Å². The van der Waals surface area contributed by atoms with E-state index in [9.17, 15) is 13.2 Å². The van der Waals surface area contributed by atoms with Crippen LogP contribution < -0.4 is 5.32 Å². The van der Waals surface area contributed by atoms with Gasteiger partial charge >= 0.3 is 6.18 Å².